The predicted molar refractivity (Wildman–Crippen MR) is 68.8 cm³/mol. The fraction of sp³-hybridized carbons (Fsp3) is 0.500. The second-order valence-corrected chi connectivity index (χ2v) is 5.96. The average Bonchev–Trinajstić information content (AvgIpc) is 2.25. The maximum atomic E-state index is 11.0. The number of ether oxygens (including phenoxy) is 1. The van der Waals surface area contributed by atoms with Crippen molar-refractivity contribution in [2.24, 2.45) is 0 Å². The Morgan fingerprint density at radius 2 is 1.88 bits per heavy atom. The minimum absolute atomic E-state index is 0.0490. The van der Waals surface area contributed by atoms with Gasteiger partial charge in [0.2, 0.25) is 10.0 Å². The second kappa shape index (κ2) is 6.02. The molecule has 0 saturated carbocycles. The molecule has 1 rings (SSSR count). The molecule has 0 aliphatic heterocycles. The van der Waals surface area contributed by atoms with E-state index in [-0.39, 0.29) is 6.04 Å². The molecular formula is C12H19NO3S. The van der Waals surface area contributed by atoms with Gasteiger partial charge in [0.1, 0.15) is 5.75 Å². The van der Waals surface area contributed by atoms with Crippen LogP contribution < -0.4 is 9.46 Å². The zero-order valence-electron chi connectivity index (χ0n) is 10.4. The van der Waals surface area contributed by atoms with Crippen molar-refractivity contribution in [3.8, 4) is 5.75 Å². The molecule has 0 radical (unpaired) electrons. The summed E-state index contributed by atoms with van der Waals surface area (Å²) in [5, 5.41) is 0. The van der Waals surface area contributed by atoms with Crippen LogP contribution in [-0.2, 0) is 16.4 Å². The van der Waals surface area contributed by atoms with Crippen LogP contribution in [-0.4, -0.2) is 27.8 Å². The molecular weight excluding hydrogens is 238 g/mol. The van der Waals surface area contributed by atoms with Gasteiger partial charge in [-0.05, 0) is 37.5 Å². The number of benzene rings is 1. The third-order valence-electron chi connectivity index (χ3n) is 2.44. The zero-order chi connectivity index (χ0) is 12.9. The summed E-state index contributed by atoms with van der Waals surface area (Å²) in [5.74, 6) is 0.830. The van der Waals surface area contributed by atoms with Crippen molar-refractivity contribution < 1.29 is 13.2 Å². The summed E-state index contributed by atoms with van der Waals surface area (Å²) in [6.45, 7) is 1.87. The lowest BCUT2D eigenvalue weighted by Gasteiger charge is -2.12. The molecule has 17 heavy (non-hydrogen) atoms. The second-order valence-electron chi connectivity index (χ2n) is 4.18. The largest absolute Gasteiger partial charge is 0.497 e. The molecule has 0 bridgehead atoms. The van der Waals surface area contributed by atoms with Crippen LogP contribution in [0, 0.1) is 0 Å². The van der Waals surface area contributed by atoms with Gasteiger partial charge in [-0.15, -0.1) is 0 Å². The van der Waals surface area contributed by atoms with Crippen LogP contribution in [0.15, 0.2) is 24.3 Å². The molecule has 1 aromatic carbocycles. The number of aryl methyl sites for hydroxylation is 1. The molecule has 5 heteroatoms. The Labute approximate surface area is 103 Å². The lowest BCUT2D eigenvalue weighted by molar-refractivity contribution is 0.414. The highest BCUT2D eigenvalue weighted by molar-refractivity contribution is 7.88. The van der Waals surface area contributed by atoms with E-state index in [1.165, 1.54) is 11.8 Å². The topological polar surface area (TPSA) is 55.4 Å². The Bertz CT molecular complexity index is 439. The van der Waals surface area contributed by atoms with E-state index in [0.29, 0.717) is 0 Å². The molecule has 0 saturated heterocycles. The average molecular weight is 257 g/mol. The third kappa shape index (κ3) is 5.70. The minimum Gasteiger partial charge on any atom is -0.497 e. The van der Waals surface area contributed by atoms with Gasteiger partial charge in [0.15, 0.2) is 0 Å². The molecule has 0 heterocycles. The van der Waals surface area contributed by atoms with Crippen LogP contribution >= 0.6 is 0 Å². The van der Waals surface area contributed by atoms with Gasteiger partial charge in [-0.25, -0.2) is 13.1 Å². The van der Waals surface area contributed by atoms with E-state index >= 15 is 0 Å². The first-order valence-electron chi connectivity index (χ1n) is 5.51. The zero-order valence-corrected chi connectivity index (χ0v) is 11.3. The summed E-state index contributed by atoms with van der Waals surface area (Å²) >= 11 is 0. The maximum Gasteiger partial charge on any atom is 0.208 e. The summed E-state index contributed by atoms with van der Waals surface area (Å²) in [7, 11) is -1.48. The molecule has 1 atom stereocenters. The Hall–Kier alpha value is -1.07. The van der Waals surface area contributed by atoms with Gasteiger partial charge >= 0.3 is 0 Å². The number of hydrogen-bond donors (Lipinski definition) is 1. The standard InChI is InChI=1S/C12H19NO3S/c1-10(13-17(3,14)15)4-5-11-6-8-12(16-2)9-7-11/h6-10,13H,4-5H2,1-3H3. The molecule has 0 aliphatic carbocycles. The lowest BCUT2D eigenvalue weighted by Crippen LogP contribution is -2.31. The lowest BCUT2D eigenvalue weighted by atomic mass is 10.1. The Morgan fingerprint density at radius 1 is 1.29 bits per heavy atom. The Balaban J connectivity index is 2.44. The van der Waals surface area contributed by atoms with Crippen molar-refractivity contribution in [2.75, 3.05) is 13.4 Å². The van der Waals surface area contributed by atoms with E-state index in [2.05, 4.69) is 4.72 Å². The highest BCUT2D eigenvalue weighted by Crippen LogP contribution is 2.13. The van der Waals surface area contributed by atoms with Crippen molar-refractivity contribution in [3.63, 3.8) is 0 Å². The molecule has 1 N–H and O–H groups in total. The van der Waals surface area contributed by atoms with Gasteiger partial charge in [-0.1, -0.05) is 12.1 Å². The summed E-state index contributed by atoms with van der Waals surface area (Å²) in [6, 6.07) is 7.75. The minimum atomic E-state index is -3.11. The molecule has 0 fully saturated rings. The molecule has 0 aromatic heterocycles. The highest BCUT2D eigenvalue weighted by Gasteiger charge is 2.08. The van der Waals surface area contributed by atoms with E-state index in [0.717, 1.165) is 18.6 Å². The molecule has 1 unspecified atom stereocenters. The van der Waals surface area contributed by atoms with Gasteiger partial charge in [-0.3, -0.25) is 0 Å². The van der Waals surface area contributed by atoms with Gasteiger partial charge in [0, 0.05) is 6.04 Å². The maximum absolute atomic E-state index is 11.0. The number of hydrogen-bond acceptors (Lipinski definition) is 3. The summed E-state index contributed by atoms with van der Waals surface area (Å²) in [5.41, 5.74) is 1.17. The highest BCUT2D eigenvalue weighted by atomic mass is 32.2. The first-order valence-corrected chi connectivity index (χ1v) is 7.40. The number of sulfonamides is 1. The Kier molecular flexibility index (Phi) is 4.96. The predicted octanol–water partition coefficient (Wildman–Crippen LogP) is 1.57. The molecule has 4 nitrogen and oxygen atoms in total. The fourth-order valence-corrected chi connectivity index (χ4v) is 2.45. The van der Waals surface area contributed by atoms with Crippen LogP contribution in [0.3, 0.4) is 0 Å². The normalized spacial score (nSPS) is 13.4. The summed E-state index contributed by atoms with van der Waals surface area (Å²) < 4.78 is 29.6. The van der Waals surface area contributed by atoms with Crippen molar-refractivity contribution in [2.45, 2.75) is 25.8 Å². The number of methoxy groups -OCH3 is 1. The molecule has 96 valence electrons. The molecule has 0 aliphatic rings. The van der Waals surface area contributed by atoms with Crippen LogP contribution in [0.25, 0.3) is 0 Å². The van der Waals surface area contributed by atoms with E-state index in [1.807, 2.05) is 31.2 Å². The van der Waals surface area contributed by atoms with E-state index in [4.69, 9.17) is 4.74 Å². The Morgan fingerprint density at radius 3 is 2.35 bits per heavy atom. The van der Waals surface area contributed by atoms with Crippen LogP contribution in [0.1, 0.15) is 18.9 Å². The van der Waals surface area contributed by atoms with Gasteiger partial charge < -0.3 is 4.74 Å². The smallest absolute Gasteiger partial charge is 0.208 e. The van der Waals surface area contributed by atoms with E-state index in [9.17, 15) is 8.42 Å². The van der Waals surface area contributed by atoms with E-state index in [1.54, 1.807) is 7.11 Å². The van der Waals surface area contributed by atoms with Crippen LogP contribution in [0.4, 0.5) is 0 Å². The van der Waals surface area contributed by atoms with E-state index < -0.39 is 10.0 Å². The van der Waals surface area contributed by atoms with Crippen LogP contribution in [0.5, 0.6) is 5.75 Å². The monoisotopic (exact) mass is 257 g/mol. The molecule has 1 aromatic rings. The van der Waals surface area contributed by atoms with Crippen molar-refractivity contribution in [1.82, 2.24) is 4.72 Å². The quantitative estimate of drug-likeness (QED) is 0.841. The van der Waals surface area contributed by atoms with Crippen LogP contribution in [0.2, 0.25) is 0 Å². The summed E-state index contributed by atoms with van der Waals surface area (Å²) in [4.78, 5) is 0. The van der Waals surface area contributed by atoms with Crippen molar-refractivity contribution in [3.05, 3.63) is 29.8 Å². The first kappa shape index (κ1) is 14.0. The van der Waals surface area contributed by atoms with Gasteiger partial charge in [-0.2, -0.15) is 0 Å². The molecule has 0 spiro atoms. The van der Waals surface area contributed by atoms with Gasteiger partial charge in [0.05, 0.1) is 13.4 Å². The third-order valence-corrected chi connectivity index (χ3v) is 3.27. The number of nitrogens with one attached hydrogen (secondary N) is 1. The SMILES string of the molecule is COc1ccc(CCC(C)NS(C)(=O)=O)cc1. The van der Waals surface area contributed by atoms with Crippen molar-refractivity contribution in [1.29, 1.82) is 0 Å². The van der Waals surface area contributed by atoms with Gasteiger partial charge in [0.25, 0.3) is 0 Å². The summed E-state index contributed by atoms with van der Waals surface area (Å²) in [6.07, 6.45) is 2.80. The molecule has 0 amide bonds. The number of rotatable bonds is 6. The van der Waals surface area contributed by atoms with Crippen molar-refractivity contribution >= 4 is 10.0 Å². The fourth-order valence-electron chi connectivity index (χ4n) is 1.60. The first-order chi connectivity index (χ1) is 7.90.